The van der Waals surface area contributed by atoms with Crippen LogP contribution in [-0.4, -0.2) is 70.8 Å². The molecule has 0 aliphatic carbocycles. The zero-order valence-corrected chi connectivity index (χ0v) is 16.1. The van der Waals surface area contributed by atoms with Gasteiger partial charge in [0.1, 0.15) is 6.04 Å². The van der Waals surface area contributed by atoms with Crippen molar-refractivity contribution in [2.75, 3.05) is 19.7 Å². The normalized spacial score (nSPS) is 30.1. The molecule has 3 rings (SSSR count). The van der Waals surface area contributed by atoms with Crippen LogP contribution in [0.1, 0.15) is 44.9 Å². The molecule has 28 heavy (non-hydrogen) atoms. The number of nitrogens with one attached hydrogen (secondary N) is 1. The summed E-state index contributed by atoms with van der Waals surface area (Å²) in [5, 5.41) is 21.1. The monoisotopic (exact) mass is 394 g/mol. The maximum Gasteiger partial charge on any atom is 0.303 e. The maximum atomic E-state index is 12.9. The molecule has 0 aromatic rings. The molecule has 0 spiro atoms. The second-order valence-electron chi connectivity index (χ2n) is 7.90. The predicted molar refractivity (Wildman–Crippen MR) is 100 cm³/mol. The Morgan fingerprint density at radius 1 is 1.14 bits per heavy atom. The first-order valence-corrected chi connectivity index (χ1v) is 10.2. The molecule has 3 N–H and O–H groups in total. The quantitative estimate of drug-likeness (QED) is 0.496. The molecule has 0 aromatic carbocycles. The number of hydrogen-bond donors (Lipinski definition) is 3. The highest BCUT2D eigenvalue weighted by Crippen LogP contribution is 2.45. The number of allylic oxidation sites excluding steroid dienone is 2. The standard InChI is InChI=1S/C20H30N2O6/c23-12-14(20(27)22-10-4-5-11-22)21-19(26)18-13(15-8-9-16(18)28-15)6-2-1-3-7-17(24)25/h1-2,13-16,18,23H,3-12H2,(H,21,26)(H,24,25)/b2-1-/t13-,14?,15-,16+,18-/m0/s1. The van der Waals surface area contributed by atoms with E-state index >= 15 is 0 Å². The Kier molecular flexibility index (Phi) is 7.07. The van der Waals surface area contributed by atoms with Crippen LogP contribution in [0.5, 0.6) is 0 Å². The van der Waals surface area contributed by atoms with Crippen LogP contribution in [0, 0.1) is 11.8 Å². The Morgan fingerprint density at radius 3 is 2.54 bits per heavy atom. The average Bonchev–Trinajstić information content (AvgIpc) is 3.41. The lowest BCUT2D eigenvalue weighted by atomic mass is 9.77. The van der Waals surface area contributed by atoms with Gasteiger partial charge in [0, 0.05) is 25.4 Å². The first kappa shape index (κ1) is 20.8. The van der Waals surface area contributed by atoms with Gasteiger partial charge in [0.25, 0.3) is 0 Å². The molecule has 0 saturated carbocycles. The summed E-state index contributed by atoms with van der Waals surface area (Å²) in [6.45, 7) is 0.931. The first-order chi connectivity index (χ1) is 13.5. The van der Waals surface area contributed by atoms with E-state index in [9.17, 15) is 19.5 Å². The molecule has 8 nitrogen and oxygen atoms in total. The van der Waals surface area contributed by atoms with Crippen molar-refractivity contribution in [3.63, 3.8) is 0 Å². The minimum absolute atomic E-state index is 0.0149. The van der Waals surface area contributed by atoms with Gasteiger partial charge < -0.3 is 25.2 Å². The number of carboxylic acid groups (broad SMARTS) is 1. The van der Waals surface area contributed by atoms with Crippen molar-refractivity contribution in [1.82, 2.24) is 10.2 Å². The van der Waals surface area contributed by atoms with Crippen LogP contribution in [0.2, 0.25) is 0 Å². The van der Waals surface area contributed by atoms with E-state index in [-0.39, 0.29) is 42.3 Å². The minimum atomic E-state index is -0.906. The van der Waals surface area contributed by atoms with Crippen LogP contribution in [0.4, 0.5) is 0 Å². The molecule has 3 fully saturated rings. The van der Waals surface area contributed by atoms with E-state index in [4.69, 9.17) is 9.84 Å². The van der Waals surface area contributed by atoms with Gasteiger partial charge in [-0.05, 0) is 38.5 Å². The number of carboxylic acids is 1. The molecule has 8 heteroatoms. The summed E-state index contributed by atoms with van der Waals surface area (Å²) in [6, 6.07) is -0.906. The molecule has 156 valence electrons. The van der Waals surface area contributed by atoms with Crippen molar-refractivity contribution in [3.05, 3.63) is 12.2 Å². The number of hydrogen-bond acceptors (Lipinski definition) is 5. The van der Waals surface area contributed by atoms with Crippen LogP contribution in [0.15, 0.2) is 12.2 Å². The summed E-state index contributed by atoms with van der Waals surface area (Å²) >= 11 is 0. The van der Waals surface area contributed by atoms with Crippen LogP contribution >= 0.6 is 0 Å². The molecule has 0 radical (unpaired) electrons. The Hall–Kier alpha value is -1.93. The van der Waals surface area contributed by atoms with Gasteiger partial charge in [-0.25, -0.2) is 0 Å². The van der Waals surface area contributed by atoms with Gasteiger partial charge in [0.05, 0.1) is 24.7 Å². The lowest BCUT2D eigenvalue weighted by Crippen LogP contribution is -2.53. The molecule has 0 aromatic heterocycles. The molecular weight excluding hydrogens is 364 g/mol. The van der Waals surface area contributed by atoms with Gasteiger partial charge in [0.15, 0.2) is 0 Å². The number of aliphatic carboxylic acids is 1. The number of ether oxygens (including phenoxy) is 1. The van der Waals surface area contributed by atoms with Crippen molar-refractivity contribution >= 4 is 17.8 Å². The van der Waals surface area contributed by atoms with Crippen molar-refractivity contribution < 1.29 is 29.3 Å². The highest BCUT2D eigenvalue weighted by atomic mass is 16.5. The smallest absolute Gasteiger partial charge is 0.303 e. The molecule has 3 heterocycles. The Balaban J connectivity index is 1.58. The van der Waals surface area contributed by atoms with Crippen molar-refractivity contribution in [1.29, 1.82) is 0 Å². The first-order valence-electron chi connectivity index (χ1n) is 10.2. The second kappa shape index (κ2) is 9.52. The number of carbonyl (C=O) groups is 3. The van der Waals surface area contributed by atoms with Gasteiger partial charge in [0.2, 0.25) is 11.8 Å². The fourth-order valence-corrected chi connectivity index (χ4v) is 4.63. The summed E-state index contributed by atoms with van der Waals surface area (Å²) in [4.78, 5) is 37.7. The molecule has 2 amide bonds. The van der Waals surface area contributed by atoms with Gasteiger partial charge in [-0.3, -0.25) is 14.4 Å². The van der Waals surface area contributed by atoms with E-state index in [0.717, 1.165) is 25.7 Å². The molecule has 3 aliphatic heterocycles. The van der Waals surface area contributed by atoms with E-state index in [1.54, 1.807) is 4.90 Å². The largest absolute Gasteiger partial charge is 0.481 e. The molecular formula is C20H30N2O6. The van der Waals surface area contributed by atoms with Gasteiger partial charge in [-0.15, -0.1) is 0 Å². The third-order valence-electron chi connectivity index (χ3n) is 6.04. The van der Waals surface area contributed by atoms with Crippen LogP contribution in [0.25, 0.3) is 0 Å². The number of rotatable bonds is 9. The number of aliphatic hydroxyl groups is 1. The Morgan fingerprint density at radius 2 is 1.86 bits per heavy atom. The van der Waals surface area contributed by atoms with Crippen LogP contribution in [0.3, 0.4) is 0 Å². The van der Waals surface area contributed by atoms with E-state index in [0.29, 0.717) is 25.9 Å². The highest BCUT2D eigenvalue weighted by Gasteiger charge is 2.51. The van der Waals surface area contributed by atoms with Gasteiger partial charge in [-0.1, -0.05) is 12.2 Å². The summed E-state index contributed by atoms with van der Waals surface area (Å²) in [5.41, 5.74) is 0. The second-order valence-corrected chi connectivity index (χ2v) is 7.90. The van der Waals surface area contributed by atoms with E-state index in [2.05, 4.69) is 5.32 Å². The molecule has 1 unspecified atom stereocenters. The van der Waals surface area contributed by atoms with Gasteiger partial charge >= 0.3 is 5.97 Å². The minimum Gasteiger partial charge on any atom is -0.481 e. The molecule has 5 atom stereocenters. The zero-order valence-electron chi connectivity index (χ0n) is 16.1. The number of carbonyl (C=O) groups excluding carboxylic acids is 2. The highest BCUT2D eigenvalue weighted by molar-refractivity contribution is 5.89. The predicted octanol–water partition coefficient (Wildman–Crippen LogP) is 0.691. The zero-order chi connectivity index (χ0) is 20.1. The number of likely N-dealkylation sites (tertiary alicyclic amines) is 1. The Bertz CT molecular complexity index is 616. The lowest BCUT2D eigenvalue weighted by Gasteiger charge is -2.29. The molecule has 3 saturated heterocycles. The summed E-state index contributed by atoms with van der Waals surface area (Å²) in [5.74, 6) is -1.61. The van der Waals surface area contributed by atoms with Crippen molar-refractivity contribution in [3.8, 4) is 0 Å². The number of fused-ring (bicyclic) bond motifs is 2. The fourth-order valence-electron chi connectivity index (χ4n) is 4.63. The van der Waals surface area contributed by atoms with Crippen molar-refractivity contribution in [2.24, 2.45) is 11.8 Å². The van der Waals surface area contributed by atoms with Gasteiger partial charge in [-0.2, -0.15) is 0 Å². The number of amides is 2. The molecule has 2 bridgehead atoms. The lowest BCUT2D eigenvalue weighted by molar-refractivity contribution is -0.138. The summed E-state index contributed by atoms with van der Waals surface area (Å²) in [6.07, 6.45) is 8.47. The average molecular weight is 394 g/mol. The third-order valence-corrected chi connectivity index (χ3v) is 6.04. The van der Waals surface area contributed by atoms with E-state index < -0.39 is 18.6 Å². The van der Waals surface area contributed by atoms with E-state index in [1.165, 1.54) is 0 Å². The number of aliphatic hydroxyl groups excluding tert-OH is 1. The summed E-state index contributed by atoms with van der Waals surface area (Å²) in [7, 11) is 0. The number of nitrogens with zero attached hydrogens (tertiary/aromatic N) is 1. The van der Waals surface area contributed by atoms with Crippen LogP contribution in [-0.2, 0) is 19.1 Å². The maximum absolute atomic E-state index is 12.9. The fraction of sp³-hybridized carbons (Fsp3) is 0.750. The van der Waals surface area contributed by atoms with Crippen LogP contribution < -0.4 is 5.32 Å². The van der Waals surface area contributed by atoms with E-state index in [1.807, 2.05) is 12.2 Å². The third kappa shape index (κ3) is 4.72. The van der Waals surface area contributed by atoms with Crippen molar-refractivity contribution in [2.45, 2.75) is 63.2 Å². The summed E-state index contributed by atoms with van der Waals surface area (Å²) < 4.78 is 5.94. The molecule has 3 aliphatic rings. The Labute approximate surface area is 164 Å². The SMILES string of the molecule is O=C(O)CC/C=C\C[C@@H]1[C@H](C(=O)NC(CO)C(=O)N2CCCC2)[C@H]2CC[C@@H]1O2. The topological polar surface area (TPSA) is 116 Å².